The van der Waals surface area contributed by atoms with Gasteiger partial charge in [0, 0.05) is 28.9 Å². The van der Waals surface area contributed by atoms with Crippen molar-refractivity contribution < 1.29 is 4.79 Å². The molecule has 2 fully saturated rings. The molecule has 2 unspecified atom stereocenters. The lowest BCUT2D eigenvalue weighted by molar-refractivity contribution is 0.0680. The molecule has 2 aliphatic rings. The Morgan fingerprint density at radius 3 is 3.05 bits per heavy atom. The highest BCUT2D eigenvalue weighted by Crippen LogP contribution is 2.30. The van der Waals surface area contributed by atoms with Crippen molar-refractivity contribution in [2.24, 2.45) is 0 Å². The molecule has 104 valence electrons. The summed E-state index contributed by atoms with van der Waals surface area (Å²) in [5, 5.41) is 6.71. The molecule has 1 aromatic heterocycles. The molecule has 3 nitrogen and oxygen atoms in total. The summed E-state index contributed by atoms with van der Waals surface area (Å²) in [7, 11) is 0. The highest BCUT2D eigenvalue weighted by atomic mass is 32.1. The second-order valence-corrected chi connectivity index (χ2v) is 6.71. The fourth-order valence-corrected chi connectivity index (χ4v) is 4.33. The number of carbonyl (C=O) groups is 1. The molecular formula is C16H18N2OS. The van der Waals surface area contributed by atoms with Crippen molar-refractivity contribution in [3.05, 3.63) is 35.2 Å². The van der Waals surface area contributed by atoms with Crippen LogP contribution in [0.4, 0.5) is 0 Å². The van der Waals surface area contributed by atoms with Gasteiger partial charge in [-0.1, -0.05) is 0 Å². The lowest BCUT2D eigenvalue weighted by Gasteiger charge is -2.28. The smallest absolute Gasteiger partial charge is 0.254 e. The first-order valence-electron chi connectivity index (χ1n) is 7.33. The number of fused-ring (bicyclic) bond motifs is 3. The summed E-state index contributed by atoms with van der Waals surface area (Å²) < 4.78 is 1.25. The number of carbonyl (C=O) groups excluding carboxylic acids is 1. The van der Waals surface area contributed by atoms with Gasteiger partial charge in [-0.2, -0.15) is 0 Å². The van der Waals surface area contributed by atoms with Gasteiger partial charge in [-0.05, 0) is 60.8 Å². The van der Waals surface area contributed by atoms with Crippen LogP contribution in [0.1, 0.15) is 29.6 Å². The molecule has 2 saturated heterocycles. The Hall–Kier alpha value is -1.39. The minimum atomic E-state index is 0.217. The van der Waals surface area contributed by atoms with Gasteiger partial charge in [0.05, 0.1) is 0 Å². The summed E-state index contributed by atoms with van der Waals surface area (Å²) in [6, 6.07) is 9.01. The average molecular weight is 286 g/mol. The van der Waals surface area contributed by atoms with Crippen molar-refractivity contribution in [2.45, 2.75) is 31.3 Å². The van der Waals surface area contributed by atoms with Crippen LogP contribution < -0.4 is 5.32 Å². The van der Waals surface area contributed by atoms with Crippen LogP contribution in [0, 0.1) is 0 Å². The van der Waals surface area contributed by atoms with E-state index in [2.05, 4.69) is 27.7 Å². The van der Waals surface area contributed by atoms with Crippen LogP contribution in [0.2, 0.25) is 0 Å². The van der Waals surface area contributed by atoms with Crippen molar-refractivity contribution >= 4 is 27.3 Å². The van der Waals surface area contributed by atoms with E-state index >= 15 is 0 Å². The second kappa shape index (κ2) is 4.86. The normalized spacial score (nSPS) is 25.9. The highest BCUT2D eigenvalue weighted by molar-refractivity contribution is 7.17. The predicted molar refractivity (Wildman–Crippen MR) is 82.3 cm³/mol. The minimum Gasteiger partial charge on any atom is -0.331 e. The van der Waals surface area contributed by atoms with Crippen LogP contribution in [-0.2, 0) is 0 Å². The van der Waals surface area contributed by atoms with Gasteiger partial charge in [0.1, 0.15) is 0 Å². The van der Waals surface area contributed by atoms with Crippen LogP contribution in [0.15, 0.2) is 29.6 Å². The number of hydrogen-bond donors (Lipinski definition) is 1. The van der Waals surface area contributed by atoms with Crippen LogP contribution in [0.3, 0.4) is 0 Å². The number of nitrogens with one attached hydrogen (secondary N) is 1. The van der Waals surface area contributed by atoms with Gasteiger partial charge < -0.3 is 10.2 Å². The lowest BCUT2D eigenvalue weighted by Crippen LogP contribution is -2.42. The number of rotatable bonds is 1. The Morgan fingerprint density at radius 1 is 1.20 bits per heavy atom. The zero-order chi connectivity index (χ0) is 13.5. The third-order valence-corrected chi connectivity index (χ3v) is 5.49. The number of nitrogens with zero attached hydrogens (tertiary/aromatic N) is 1. The lowest BCUT2D eigenvalue weighted by atomic mass is 10.1. The maximum absolute atomic E-state index is 12.9. The minimum absolute atomic E-state index is 0.217. The van der Waals surface area contributed by atoms with Crippen molar-refractivity contribution in [1.29, 1.82) is 0 Å². The maximum Gasteiger partial charge on any atom is 0.254 e. The van der Waals surface area contributed by atoms with Gasteiger partial charge in [0.25, 0.3) is 5.91 Å². The second-order valence-electron chi connectivity index (χ2n) is 5.76. The van der Waals surface area contributed by atoms with E-state index in [0.717, 1.165) is 31.5 Å². The van der Waals surface area contributed by atoms with Crippen molar-refractivity contribution in [3.8, 4) is 0 Å². The number of amides is 1. The molecule has 2 aromatic rings. The molecule has 0 saturated carbocycles. The first-order chi connectivity index (χ1) is 9.83. The summed E-state index contributed by atoms with van der Waals surface area (Å²) in [5.41, 5.74) is 0.842. The van der Waals surface area contributed by atoms with E-state index in [1.165, 1.54) is 16.5 Å². The third-order valence-electron chi connectivity index (χ3n) is 4.59. The molecule has 2 aliphatic heterocycles. The molecule has 1 N–H and O–H groups in total. The first kappa shape index (κ1) is 12.4. The molecule has 4 rings (SSSR count). The van der Waals surface area contributed by atoms with Crippen LogP contribution in [-0.4, -0.2) is 36.0 Å². The first-order valence-corrected chi connectivity index (χ1v) is 8.21. The van der Waals surface area contributed by atoms with E-state index in [9.17, 15) is 4.79 Å². The predicted octanol–water partition coefficient (Wildman–Crippen LogP) is 2.87. The Morgan fingerprint density at radius 2 is 2.10 bits per heavy atom. The Kier molecular flexibility index (Phi) is 3.00. The van der Waals surface area contributed by atoms with Gasteiger partial charge in [-0.3, -0.25) is 4.79 Å². The summed E-state index contributed by atoms with van der Waals surface area (Å²) in [6.45, 7) is 1.98. The Labute approximate surface area is 122 Å². The maximum atomic E-state index is 12.9. The van der Waals surface area contributed by atoms with Crippen LogP contribution in [0.25, 0.3) is 10.1 Å². The summed E-state index contributed by atoms with van der Waals surface area (Å²) >= 11 is 1.73. The van der Waals surface area contributed by atoms with Crippen molar-refractivity contribution in [3.63, 3.8) is 0 Å². The van der Waals surface area contributed by atoms with E-state index in [-0.39, 0.29) is 5.91 Å². The zero-order valence-electron chi connectivity index (χ0n) is 11.3. The molecule has 0 aliphatic carbocycles. The molecule has 2 atom stereocenters. The third kappa shape index (κ3) is 1.95. The standard InChI is InChI=1S/C16H18N2OS/c19-16(12-1-4-15-11(9-12)6-8-20-15)18-13-2-3-14(18)10-17-7-5-13/h1,4,6,8-9,13-14,17H,2-3,5,7,10H2. The van der Waals surface area contributed by atoms with E-state index < -0.39 is 0 Å². The van der Waals surface area contributed by atoms with Gasteiger partial charge >= 0.3 is 0 Å². The van der Waals surface area contributed by atoms with Gasteiger partial charge in [0.2, 0.25) is 0 Å². The van der Waals surface area contributed by atoms with E-state index in [1.807, 2.05) is 12.1 Å². The highest BCUT2D eigenvalue weighted by Gasteiger charge is 2.38. The van der Waals surface area contributed by atoms with E-state index in [0.29, 0.717) is 12.1 Å². The Balaban J connectivity index is 1.68. The molecule has 20 heavy (non-hydrogen) atoms. The van der Waals surface area contributed by atoms with Crippen molar-refractivity contribution in [2.75, 3.05) is 13.1 Å². The van der Waals surface area contributed by atoms with Crippen LogP contribution >= 0.6 is 11.3 Å². The van der Waals surface area contributed by atoms with Crippen molar-refractivity contribution in [1.82, 2.24) is 10.2 Å². The van der Waals surface area contributed by atoms with Crippen LogP contribution in [0.5, 0.6) is 0 Å². The molecule has 4 heteroatoms. The molecule has 1 amide bonds. The zero-order valence-corrected chi connectivity index (χ0v) is 12.2. The Bertz CT molecular complexity index is 637. The number of thiophene rings is 1. The number of benzene rings is 1. The summed E-state index contributed by atoms with van der Waals surface area (Å²) in [5.74, 6) is 0.217. The quantitative estimate of drug-likeness (QED) is 0.874. The average Bonchev–Trinajstić information content (AvgIpc) is 3.00. The molecule has 3 heterocycles. The molecule has 1 aromatic carbocycles. The topological polar surface area (TPSA) is 32.3 Å². The largest absolute Gasteiger partial charge is 0.331 e. The van der Waals surface area contributed by atoms with Gasteiger partial charge in [0.15, 0.2) is 0 Å². The summed E-state index contributed by atoms with van der Waals surface area (Å²) in [4.78, 5) is 15.0. The molecular weight excluding hydrogens is 268 g/mol. The molecule has 0 spiro atoms. The fraction of sp³-hybridized carbons (Fsp3) is 0.438. The van der Waals surface area contributed by atoms with Gasteiger partial charge in [-0.25, -0.2) is 0 Å². The fourth-order valence-electron chi connectivity index (χ4n) is 3.56. The molecule has 0 radical (unpaired) electrons. The molecule has 2 bridgehead atoms. The summed E-state index contributed by atoms with van der Waals surface area (Å²) in [6.07, 6.45) is 3.39. The monoisotopic (exact) mass is 286 g/mol. The SMILES string of the molecule is O=C(c1ccc2sccc2c1)N1C2CCNCC1CC2. The van der Waals surface area contributed by atoms with E-state index in [1.54, 1.807) is 11.3 Å². The number of hydrogen-bond acceptors (Lipinski definition) is 3. The van der Waals surface area contributed by atoms with E-state index in [4.69, 9.17) is 0 Å². The van der Waals surface area contributed by atoms with Gasteiger partial charge in [-0.15, -0.1) is 11.3 Å².